The second kappa shape index (κ2) is 9.12. The Labute approximate surface area is 120 Å². The van der Waals surface area contributed by atoms with Gasteiger partial charge in [0.15, 0.2) is 0 Å². The molecule has 0 saturated carbocycles. The van der Waals surface area contributed by atoms with E-state index in [4.69, 9.17) is 5.73 Å². The minimum absolute atomic E-state index is 0. The van der Waals surface area contributed by atoms with Crippen LogP contribution in [0.5, 0.6) is 0 Å². The highest BCUT2D eigenvalue weighted by Crippen LogP contribution is 2.21. The molecule has 4 N–H and O–H groups in total. The molecule has 1 aliphatic rings. The summed E-state index contributed by atoms with van der Waals surface area (Å²) in [7, 11) is 0. The minimum Gasteiger partial charge on any atom is -0.338 e. The Bertz CT molecular complexity index is 301. The van der Waals surface area contributed by atoms with E-state index < -0.39 is 6.03 Å². The highest BCUT2D eigenvalue weighted by Gasteiger charge is 2.29. The van der Waals surface area contributed by atoms with Crippen LogP contribution in [0.1, 0.15) is 26.7 Å². The van der Waals surface area contributed by atoms with Crippen molar-refractivity contribution in [3.8, 4) is 0 Å². The van der Waals surface area contributed by atoms with Gasteiger partial charge in [0.2, 0.25) is 5.91 Å². The molecule has 3 amide bonds. The molecule has 0 aliphatic carbocycles. The summed E-state index contributed by atoms with van der Waals surface area (Å²) in [5.74, 6) is 0.204. The molecule has 1 rings (SSSR count). The summed E-state index contributed by atoms with van der Waals surface area (Å²) in [5.41, 5.74) is 5.63. The molecule has 0 aromatic heterocycles. The first-order chi connectivity index (χ1) is 8.56. The lowest BCUT2D eigenvalue weighted by molar-refractivity contribution is -0.121. The van der Waals surface area contributed by atoms with Gasteiger partial charge in [-0.25, -0.2) is 4.79 Å². The number of carbonyl (C=O) groups is 2. The Morgan fingerprint density at radius 1 is 1.42 bits per heavy atom. The topological polar surface area (TPSA) is 87.5 Å². The van der Waals surface area contributed by atoms with Gasteiger partial charge in [0, 0.05) is 19.1 Å². The highest BCUT2D eigenvalue weighted by molar-refractivity contribution is 5.95. The molecule has 7 heteroatoms. The van der Waals surface area contributed by atoms with E-state index in [0.29, 0.717) is 25.0 Å². The average molecular weight is 293 g/mol. The molecule has 0 aromatic rings. The molecule has 1 heterocycles. The van der Waals surface area contributed by atoms with Gasteiger partial charge in [-0.1, -0.05) is 6.92 Å². The van der Waals surface area contributed by atoms with Crippen LogP contribution >= 0.6 is 12.4 Å². The molecule has 2 atom stereocenters. The van der Waals surface area contributed by atoms with Crippen LogP contribution < -0.4 is 16.4 Å². The number of nitrogens with zero attached hydrogens (tertiary/aromatic N) is 1. The van der Waals surface area contributed by atoms with Crippen LogP contribution in [0, 0.1) is 5.92 Å². The Morgan fingerprint density at radius 3 is 2.63 bits per heavy atom. The first-order valence-corrected chi connectivity index (χ1v) is 6.58. The van der Waals surface area contributed by atoms with Gasteiger partial charge in [-0.05, 0) is 32.2 Å². The van der Waals surface area contributed by atoms with Crippen molar-refractivity contribution in [1.82, 2.24) is 15.5 Å². The smallest absolute Gasteiger partial charge is 0.321 e. The molecule has 0 radical (unpaired) electrons. The number of nitrogens with one attached hydrogen (secondary N) is 2. The van der Waals surface area contributed by atoms with E-state index in [1.54, 1.807) is 0 Å². The van der Waals surface area contributed by atoms with Gasteiger partial charge in [-0.3, -0.25) is 15.0 Å². The Hall–Kier alpha value is -0.850. The van der Waals surface area contributed by atoms with Crippen LogP contribution in [0.3, 0.4) is 0 Å². The summed E-state index contributed by atoms with van der Waals surface area (Å²) in [6, 6.07) is -0.0629. The molecular weight excluding hydrogens is 268 g/mol. The van der Waals surface area contributed by atoms with E-state index in [2.05, 4.69) is 22.5 Å². The number of halogens is 1. The maximum Gasteiger partial charge on any atom is 0.321 e. The zero-order valence-corrected chi connectivity index (χ0v) is 12.5. The van der Waals surface area contributed by atoms with Gasteiger partial charge in [0.05, 0.1) is 6.54 Å². The zero-order valence-electron chi connectivity index (χ0n) is 11.6. The predicted octanol–water partition coefficient (Wildman–Crippen LogP) is 0.313. The lowest BCUT2D eigenvalue weighted by Gasteiger charge is -2.19. The summed E-state index contributed by atoms with van der Waals surface area (Å²) < 4.78 is 0. The fourth-order valence-electron chi connectivity index (χ4n) is 2.24. The molecule has 1 saturated heterocycles. The number of imide groups is 1. The van der Waals surface area contributed by atoms with E-state index in [1.165, 1.54) is 0 Å². The summed E-state index contributed by atoms with van der Waals surface area (Å²) in [6.07, 6.45) is 1.87. The second-order valence-corrected chi connectivity index (χ2v) is 4.92. The van der Waals surface area contributed by atoms with Crippen molar-refractivity contribution in [3.63, 3.8) is 0 Å². The number of nitrogens with two attached hydrogens (primary N) is 1. The Morgan fingerprint density at radius 2 is 2.11 bits per heavy atom. The standard InChI is InChI=1S/C12H24N4O2.ClH/c1-3-4-14-12(18)15-11(17)8-16-7-10(6-13)5-9(16)2;/h9-10H,3-8,13H2,1-2H3,(H2,14,15,17,18);1H. The van der Waals surface area contributed by atoms with Crippen LogP contribution in [0.2, 0.25) is 0 Å². The Balaban J connectivity index is 0.00000324. The summed E-state index contributed by atoms with van der Waals surface area (Å²) in [6.45, 7) is 6.37. The number of hydrogen-bond acceptors (Lipinski definition) is 4. The van der Waals surface area contributed by atoms with Gasteiger partial charge >= 0.3 is 6.03 Å². The lowest BCUT2D eigenvalue weighted by Crippen LogP contribution is -2.45. The van der Waals surface area contributed by atoms with Gasteiger partial charge in [-0.15, -0.1) is 12.4 Å². The summed E-state index contributed by atoms with van der Waals surface area (Å²) in [5, 5.41) is 4.94. The highest BCUT2D eigenvalue weighted by atomic mass is 35.5. The maximum atomic E-state index is 11.7. The van der Waals surface area contributed by atoms with Crippen molar-refractivity contribution >= 4 is 24.3 Å². The molecule has 0 aromatic carbocycles. The lowest BCUT2D eigenvalue weighted by atomic mass is 10.1. The molecule has 6 nitrogen and oxygen atoms in total. The van der Waals surface area contributed by atoms with Crippen LogP contribution in [-0.4, -0.2) is 49.1 Å². The quantitative estimate of drug-likeness (QED) is 0.681. The number of rotatable bonds is 5. The SMILES string of the molecule is CCCNC(=O)NC(=O)CN1CC(CN)CC1C.Cl. The number of hydrogen-bond donors (Lipinski definition) is 3. The third-order valence-corrected chi connectivity index (χ3v) is 3.26. The van der Waals surface area contributed by atoms with Crippen molar-refractivity contribution in [3.05, 3.63) is 0 Å². The van der Waals surface area contributed by atoms with Crippen molar-refractivity contribution in [2.45, 2.75) is 32.7 Å². The van der Waals surface area contributed by atoms with E-state index in [-0.39, 0.29) is 24.9 Å². The number of likely N-dealkylation sites (tertiary alicyclic amines) is 1. The average Bonchev–Trinajstić information content (AvgIpc) is 2.67. The first-order valence-electron chi connectivity index (χ1n) is 6.58. The normalized spacial score (nSPS) is 22.7. The van der Waals surface area contributed by atoms with Crippen LogP contribution in [0.25, 0.3) is 0 Å². The molecule has 1 aliphatic heterocycles. The first kappa shape index (κ1) is 18.1. The van der Waals surface area contributed by atoms with Crippen molar-refractivity contribution in [1.29, 1.82) is 0 Å². The molecule has 0 bridgehead atoms. The van der Waals surface area contributed by atoms with Crippen molar-refractivity contribution in [2.24, 2.45) is 11.7 Å². The maximum absolute atomic E-state index is 11.7. The number of carbonyl (C=O) groups excluding carboxylic acids is 2. The summed E-state index contributed by atoms with van der Waals surface area (Å²) >= 11 is 0. The molecule has 0 spiro atoms. The van der Waals surface area contributed by atoms with Gasteiger partial charge in [-0.2, -0.15) is 0 Å². The zero-order chi connectivity index (χ0) is 13.5. The number of urea groups is 1. The largest absolute Gasteiger partial charge is 0.338 e. The van der Waals surface area contributed by atoms with E-state index in [0.717, 1.165) is 19.4 Å². The molecule has 1 fully saturated rings. The molecule has 19 heavy (non-hydrogen) atoms. The van der Waals surface area contributed by atoms with E-state index in [1.807, 2.05) is 6.92 Å². The van der Waals surface area contributed by atoms with Crippen molar-refractivity contribution < 1.29 is 9.59 Å². The van der Waals surface area contributed by atoms with Gasteiger partial charge < -0.3 is 11.1 Å². The van der Waals surface area contributed by atoms with Gasteiger partial charge in [0.1, 0.15) is 0 Å². The Kier molecular flexibility index (Phi) is 8.71. The predicted molar refractivity (Wildman–Crippen MR) is 77.3 cm³/mol. The summed E-state index contributed by atoms with van der Waals surface area (Å²) in [4.78, 5) is 25.0. The molecular formula is C12H25ClN4O2. The second-order valence-electron chi connectivity index (χ2n) is 4.92. The molecule has 112 valence electrons. The molecule has 2 unspecified atom stereocenters. The van der Waals surface area contributed by atoms with Crippen LogP contribution in [0.15, 0.2) is 0 Å². The van der Waals surface area contributed by atoms with E-state index in [9.17, 15) is 9.59 Å². The fourth-order valence-corrected chi connectivity index (χ4v) is 2.24. The van der Waals surface area contributed by atoms with Crippen LogP contribution in [-0.2, 0) is 4.79 Å². The number of amides is 3. The minimum atomic E-state index is -0.413. The van der Waals surface area contributed by atoms with Gasteiger partial charge in [0.25, 0.3) is 0 Å². The third-order valence-electron chi connectivity index (χ3n) is 3.26. The van der Waals surface area contributed by atoms with Crippen LogP contribution in [0.4, 0.5) is 4.79 Å². The fraction of sp³-hybridized carbons (Fsp3) is 0.833. The van der Waals surface area contributed by atoms with E-state index >= 15 is 0 Å². The third kappa shape index (κ3) is 6.22. The van der Waals surface area contributed by atoms with Crippen molar-refractivity contribution in [2.75, 3.05) is 26.2 Å². The monoisotopic (exact) mass is 292 g/mol.